The second kappa shape index (κ2) is 9.39. The maximum atomic E-state index is 12.2. The number of benzene rings is 2. The van der Waals surface area contributed by atoms with Gasteiger partial charge in [0, 0.05) is 13.1 Å². The van der Waals surface area contributed by atoms with E-state index in [1.807, 2.05) is 24.3 Å². The molecule has 3 rings (SSSR count). The number of rotatable bonds is 7. The molecule has 0 spiro atoms. The highest BCUT2D eigenvalue weighted by Crippen LogP contribution is 2.18. The zero-order chi connectivity index (χ0) is 18.2. The maximum Gasteiger partial charge on any atom is 0.224 e. The summed E-state index contributed by atoms with van der Waals surface area (Å²) in [4.78, 5) is 14.7. The van der Waals surface area contributed by atoms with Crippen LogP contribution in [-0.4, -0.2) is 37.6 Å². The van der Waals surface area contributed by atoms with Crippen molar-refractivity contribution in [1.29, 1.82) is 0 Å². The van der Waals surface area contributed by atoms with E-state index in [0.29, 0.717) is 12.3 Å². The van der Waals surface area contributed by atoms with Gasteiger partial charge in [0.05, 0.1) is 13.5 Å². The standard InChI is InChI=1S/C22H28N2O2/c1-26-21-9-7-18(8-10-21)15-22(25)23-16-19-11-13-24(14-12-19)17-20-5-3-2-4-6-20/h2-10,19H,11-17H2,1H3,(H,23,25). The molecule has 1 heterocycles. The lowest BCUT2D eigenvalue weighted by Gasteiger charge is -2.32. The van der Waals surface area contributed by atoms with Crippen LogP contribution in [0.3, 0.4) is 0 Å². The summed E-state index contributed by atoms with van der Waals surface area (Å²) in [5.41, 5.74) is 2.39. The lowest BCUT2D eigenvalue weighted by molar-refractivity contribution is -0.120. The first-order valence-electron chi connectivity index (χ1n) is 9.39. The largest absolute Gasteiger partial charge is 0.497 e. The minimum atomic E-state index is 0.0990. The fourth-order valence-corrected chi connectivity index (χ4v) is 3.44. The number of carbonyl (C=O) groups excluding carboxylic acids is 1. The summed E-state index contributed by atoms with van der Waals surface area (Å²) in [5.74, 6) is 1.50. The van der Waals surface area contributed by atoms with E-state index in [-0.39, 0.29) is 5.91 Å². The number of nitrogens with one attached hydrogen (secondary N) is 1. The van der Waals surface area contributed by atoms with Crippen molar-refractivity contribution in [3.63, 3.8) is 0 Å². The van der Waals surface area contributed by atoms with Crippen LogP contribution in [0.4, 0.5) is 0 Å². The van der Waals surface area contributed by atoms with Gasteiger partial charge in [-0.1, -0.05) is 42.5 Å². The summed E-state index contributed by atoms with van der Waals surface area (Å²) in [6.07, 6.45) is 2.72. The third-order valence-corrected chi connectivity index (χ3v) is 5.07. The third-order valence-electron chi connectivity index (χ3n) is 5.07. The number of nitrogens with zero attached hydrogens (tertiary/aromatic N) is 1. The predicted molar refractivity (Wildman–Crippen MR) is 104 cm³/mol. The van der Waals surface area contributed by atoms with E-state index in [2.05, 4.69) is 40.5 Å². The summed E-state index contributed by atoms with van der Waals surface area (Å²) in [6.45, 7) is 4.02. The van der Waals surface area contributed by atoms with Crippen molar-refractivity contribution >= 4 is 5.91 Å². The van der Waals surface area contributed by atoms with E-state index in [4.69, 9.17) is 4.74 Å². The molecule has 1 N–H and O–H groups in total. The van der Waals surface area contributed by atoms with Crippen molar-refractivity contribution in [2.75, 3.05) is 26.7 Å². The van der Waals surface area contributed by atoms with Gasteiger partial charge in [-0.2, -0.15) is 0 Å². The second-order valence-corrected chi connectivity index (χ2v) is 7.03. The van der Waals surface area contributed by atoms with Crippen molar-refractivity contribution in [2.45, 2.75) is 25.8 Å². The number of hydrogen-bond acceptors (Lipinski definition) is 3. The minimum Gasteiger partial charge on any atom is -0.497 e. The highest BCUT2D eigenvalue weighted by molar-refractivity contribution is 5.78. The molecule has 0 saturated carbocycles. The lowest BCUT2D eigenvalue weighted by Crippen LogP contribution is -2.38. The van der Waals surface area contributed by atoms with Crippen molar-refractivity contribution in [1.82, 2.24) is 10.2 Å². The first-order valence-corrected chi connectivity index (χ1v) is 9.39. The topological polar surface area (TPSA) is 41.6 Å². The molecule has 2 aromatic carbocycles. The van der Waals surface area contributed by atoms with Crippen molar-refractivity contribution in [3.8, 4) is 5.75 Å². The Kier molecular flexibility index (Phi) is 6.67. The summed E-state index contributed by atoms with van der Waals surface area (Å²) in [5, 5.41) is 3.11. The predicted octanol–water partition coefficient (Wildman–Crippen LogP) is 3.27. The molecule has 0 aliphatic carbocycles. The van der Waals surface area contributed by atoms with Crippen LogP contribution in [0.1, 0.15) is 24.0 Å². The van der Waals surface area contributed by atoms with Crippen LogP contribution in [0.25, 0.3) is 0 Å². The molecule has 1 saturated heterocycles. The summed E-state index contributed by atoms with van der Waals surface area (Å²) in [6, 6.07) is 18.3. The SMILES string of the molecule is COc1ccc(CC(=O)NCC2CCN(Cc3ccccc3)CC2)cc1. The average Bonchev–Trinajstić information content (AvgIpc) is 2.69. The van der Waals surface area contributed by atoms with E-state index in [9.17, 15) is 4.79 Å². The highest BCUT2D eigenvalue weighted by atomic mass is 16.5. The molecule has 0 bridgehead atoms. The molecular weight excluding hydrogens is 324 g/mol. The Morgan fingerprint density at radius 3 is 2.38 bits per heavy atom. The van der Waals surface area contributed by atoms with Gasteiger partial charge in [0.1, 0.15) is 5.75 Å². The third kappa shape index (κ3) is 5.60. The molecule has 0 unspecified atom stereocenters. The van der Waals surface area contributed by atoms with Gasteiger partial charge < -0.3 is 10.1 Å². The van der Waals surface area contributed by atoms with Crippen molar-refractivity contribution < 1.29 is 9.53 Å². The Labute approximate surface area is 156 Å². The Hall–Kier alpha value is -2.33. The fourth-order valence-electron chi connectivity index (χ4n) is 3.44. The number of hydrogen-bond donors (Lipinski definition) is 1. The van der Waals surface area contributed by atoms with Gasteiger partial charge in [-0.15, -0.1) is 0 Å². The van der Waals surface area contributed by atoms with E-state index in [1.165, 1.54) is 5.56 Å². The van der Waals surface area contributed by atoms with Crippen LogP contribution in [-0.2, 0) is 17.8 Å². The Morgan fingerprint density at radius 2 is 1.73 bits per heavy atom. The first kappa shape index (κ1) is 18.5. The molecule has 138 valence electrons. The number of likely N-dealkylation sites (tertiary alicyclic amines) is 1. The number of methoxy groups -OCH3 is 1. The summed E-state index contributed by atoms with van der Waals surface area (Å²) >= 11 is 0. The average molecular weight is 352 g/mol. The van der Waals surface area contributed by atoms with E-state index >= 15 is 0 Å². The van der Waals surface area contributed by atoms with Crippen molar-refractivity contribution in [2.24, 2.45) is 5.92 Å². The molecule has 1 aliphatic heterocycles. The number of amides is 1. The molecule has 1 amide bonds. The van der Waals surface area contributed by atoms with Gasteiger partial charge in [0.25, 0.3) is 0 Å². The van der Waals surface area contributed by atoms with Gasteiger partial charge in [0.15, 0.2) is 0 Å². The Bertz CT molecular complexity index is 677. The molecule has 1 fully saturated rings. The zero-order valence-electron chi connectivity index (χ0n) is 15.5. The molecule has 1 aliphatic rings. The van der Waals surface area contributed by atoms with Crippen molar-refractivity contribution in [3.05, 3.63) is 65.7 Å². The minimum absolute atomic E-state index is 0.0990. The molecule has 0 aromatic heterocycles. The van der Waals surface area contributed by atoms with Gasteiger partial charge in [0.2, 0.25) is 5.91 Å². The second-order valence-electron chi connectivity index (χ2n) is 7.03. The van der Waals surface area contributed by atoms with Gasteiger partial charge in [-0.3, -0.25) is 9.69 Å². The molecule has 4 heteroatoms. The normalized spacial score (nSPS) is 15.6. The van der Waals surface area contributed by atoms with E-state index in [0.717, 1.165) is 50.3 Å². The molecule has 4 nitrogen and oxygen atoms in total. The molecule has 2 aromatic rings. The van der Waals surface area contributed by atoms with Crippen LogP contribution in [0.15, 0.2) is 54.6 Å². The fraction of sp³-hybridized carbons (Fsp3) is 0.409. The summed E-state index contributed by atoms with van der Waals surface area (Å²) in [7, 11) is 1.65. The molecule has 26 heavy (non-hydrogen) atoms. The van der Waals surface area contributed by atoms with Gasteiger partial charge in [-0.25, -0.2) is 0 Å². The van der Waals surface area contributed by atoms with Gasteiger partial charge in [-0.05, 0) is 55.1 Å². The van der Waals surface area contributed by atoms with Crippen LogP contribution in [0.5, 0.6) is 5.75 Å². The van der Waals surface area contributed by atoms with E-state index in [1.54, 1.807) is 7.11 Å². The molecular formula is C22H28N2O2. The Morgan fingerprint density at radius 1 is 1.04 bits per heavy atom. The molecule has 0 radical (unpaired) electrons. The number of piperidine rings is 1. The molecule has 0 atom stereocenters. The smallest absolute Gasteiger partial charge is 0.224 e. The quantitative estimate of drug-likeness (QED) is 0.832. The monoisotopic (exact) mass is 352 g/mol. The highest BCUT2D eigenvalue weighted by Gasteiger charge is 2.19. The lowest BCUT2D eigenvalue weighted by atomic mass is 9.96. The van der Waals surface area contributed by atoms with E-state index < -0.39 is 0 Å². The van der Waals surface area contributed by atoms with Crippen LogP contribution in [0.2, 0.25) is 0 Å². The number of ether oxygens (including phenoxy) is 1. The Balaban J connectivity index is 1.35. The maximum absolute atomic E-state index is 12.2. The van der Waals surface area contributed by atoms with Crippen LogP contribution in [0, 0.1) is 5.92 Å². The summed E-state index contributed by atoms with van der Waals surface area (Å²) < 4.78 is 5.14. The van der Waals surface area contributed by atoms with Gasteiger partial charge >= 0.3 is 0 Å². The van der Waals surface area contributed by atoms with Crippen LogP contribution >= 0.6 is 0 Å². The van der Waals surface area contributed by atoms with Crippen LogP contribution < -0.4 is 10.1 Å². The number of carbonyl (C=O) groups is 1. The first-order chi connectivity index (χ1) is 12.7. The zero-order valence-corrected chi connectivity index (χ0v) is 15.5.